The number of nitrogens with one attached hydrogen (secondary N) is 1. The minimum absolute atomic E-state index is 0.231. The van der Waals surface area contributed by atoms with E-state index in [4.69, 9.17) is 14.5 Å². The second kappa shape index (κ2) is 8.66. The van der Waals surface area contributed by atoms with E-state index < -0.39 is 0 Å². The summed E-state index contributed by atoms with van der Waals surface area (Å²) in [5.74, 6) is 1.59. The van der Waals surface area contributed by atoms with Crippen molar-refractivity contribution in [3.8, 4) is 23.2 Å². The van der Waals surface area contributed by atoms with Gasteiger partial charge in [-0.05, 0) is 55.7 Å². The average Bonchev–Trinajstić information content (AvgIpc) is 3.30. The Bertz CT molecular complexity index is 1070. The summed E-state index contributed by atoms with van der Waals surface area (Å²) in [5.41, 5.74) is 1.96. The molecule has 1 N–H and O–H groups in total. The third kappa shape index (κ3) is 4.10. The fourth-order valence-corrected chi connectivity index (χ4v) is 3.50. The van der Waals surface area contributed by atoms with Gasteiger partial charge in [-0.1, -0.05) is 17.3 Å². The van der Waals surface area contributed by atoms with Gasteiger partial charge in [0.2, 0.25) is 11.7 Å². The number of hydrogen-bond acceptors (Lipinski definition) is 6. The van der Waals surface area contributed by atoms with E-state index in [0.29, 0.717) is 35.3 Å². The molecule has 1 aliphatic rings. The molecule has 2 heterocycles. The fraction of sp³-hybridized carbons (Fsp3) is 0.273. The van der Waals surface area contributed by atoms with Gasteiger partial charge in [0, 0.05) is 17.8 Å². The summed E-state index contributed by atoms with van der Waals surface area (Å²) in [5, 5.41) is 15.9. The molecule has 1 aliphatic heterocycles. The maximum atomic E-state index is 12.9. The molecule has 0 spiro atoms. The van der Waals surface area contributed by atoms with E-state index in [9.17, 15) is 4.79 Å². The number of piperidine rings is 1. The van der Waals surface area contributed by atoms with Gasteiger partial charge in [-0.15, -0.1) is 0 Å². The van der Waals surface area contributed by atoms with Gasteiger partial charge in [0.25, 0.3) is 0 Å². The van der Waals surface area contributed by atoms with Crippen LogP contribution in [0.1, 0.15) is 36.8 Å². The summed E-state index contributed by atoms with van der Waals surface area (Å²) < 4.78 is 10.8. The van der Waals surface area contributed by atoms with E-state index >= 15 is 0 Å². The number of amides is 2. The Morgan fingerprint density at radius 2 is 2.10 bits per heavy atom. The second-order valence-electron chi connectivity index (χ2n) is 7.01. The van der Waals surface area contributed by atoms with Gasteiger partial charge >= 0.3 is 6.03 Å². The van der Waals surface area contributed by atoms with E-state index in [2.05, 4.69) is 21.5 Å². The predicted octanol–water partition coefficient (Wildman–Crippen LogP) is 4.38. The van der Waals surface area contributed by atoms with Crippen LogP contribution in [0.4, 0.5) is 10.5 Å². The normalized spacial score (nSPS) is 16.0. The highest BCUT2D eigenvalue weighted by molar-refractivity contribution is 5.89. The largest absolute Gasteiger partial charge is 0.497 e. The molecule has 1 aromatic heterocycles. The van der Waals surface area contributed by atoms with Crippen molar-refractivity contribution in [3.63, 3.8) is 0 Å². The highest BCUT2D eigenvalue weighted by Gasteiger charge is 2.32. The van der Waals surface area contributed by atoms with Crippen molar-refractivity contribution in [2.45, 2.75) is 25.3 Å². The number of urea groups is 1. The van der Waals surface area contributed by atoms with Crippen LogP contribution in [0.25, 0.3) is 11.4 Å². The van der Waals surface area contributed by atoms with E-state index in [-0.39, 0.29) is 12.1 Å². The highest BCUT2D eigenvalue weighted by atomic mass is 16.5. The predicted molar refractivity (Wildman–Crippen MR) is 110 cm³/mol. The number of ether oxygens (including phenoxy) is 1. The molecular weight excluding hydrogens is 382 g/mol. The van der Waals surface area contributed by atoms with Crippen LogP contribution >= 0.6 is 0 Å². The molecule has 0 radical (unpaired) electrons. The Labute approximate surface area is 174 Å². The number of nitrogens with zero attached hydrogens (tertiary/aromatic N) is 4. The summed E-state index contributed by atoms with van der Waals surface area (Å²) in [4.78, 5) is 19.2. The third-order valence-electron chi connectivity index (χ3n) is 5.08. The summed E-state index contributed by atoms with van der Waals surface area (Å²) in [7, 11) is 1.60. The van der Waals surface area contributed by atoms with E-state index in [1.54, 1.807) is 36.3 Å². The lowest BCUT2D eigenvalue weighted by molar-refractivity contribution is 0.142. The number of anilines is 1. The first-order chi connectivity index (χ1) is 14.7. The lowest BCUT2D eigenvalue weighted by atomic mass is 10.0. The Hall–Kier alpha value is -3.86. The Kier molecular flexibility index (Phi) is 5.61. The quantitative estimate of drug-likeness (QED) is 0.693. The molecule has 0 bridgehead atoms. The van der Waals surface area contributed by atoms with Crippen LogP contribution in [0.3, 0.4) is 0 Å². The van der Waals surface area contributed by atoms with E-state index in [1.807, 2.05) is 24.3 Å². The Morgan fingerprint density at radius 1 is 1.27 bits per heavy atom. The number of aromatic nitrogens is 2. The van der Waals surface area contributed by atoms with Crippen LogP contribution in [0.5, 0.6) is 5.75 Å². The van der Waals surface area contributed by atoms with Crippen LogP contribution in [0.2, 0.25) is 0 Å². The number of nitriles is 1. The molecule has 1 atom stereocenters. The molecule has 8 nitrogen and oxygen atoms in total. The second-order valence-corrected chi connectivity index (χ2v) is 7.01. The average molecular weight is 403 g/mol. The number of carbonyl (C=O) groups excluding carboxylic acids is 1. The zero-order chi connectivity index (χ0) is 20.9. The van der Waals surface area contributed by atoms with Crippen LogP contribution in [0, 0.1) is 11.3 Å². The molecule has 1 fully saturated rings. The topological polar surface area (TPSA) is 104 Å². The molecule has 8 heteroatoms. The van der Waals surface area contributed by atoms with Crippen molar-refractivity contribution >= 4 is 11.7 Å². The number of methoxy groups -OCH3 is 1. The van der Waals surface area contributed by atoms with Gasteiger partial charge in [-0.2, -0.15) is 10.2 Å². The van der Waals surface area contributed by atoms with Crippen molar-refractivity contribution < 1.29 is 14.1 Å². The Balaban J connectivity index is 1.52. The van der Waals surface area contributed by atoms with Crippen LogP contribution in [0.15, 0.2) is 53.1 Å². The van der Waals surface area contributed by atoms with Crippen molar-refractivity contribution in [2.75, 3.05) is 19.0 Å². The molecule has 1 unspecified atom stereocenters. The maximum Gasteiger partial charge on any atom is 0.322 e. The third-order valence-corrected chi connectivity index (χ3v) is 5.08. The number of hydrogen-bond donors (Lipinski definition) is 1. The van der Waals surface area contributed by atoms with Crippen molar-refractivity contribution in [1.29, 1.82) is 5.26 Å². The highest BCUT2D eigenvalue weighted by Crippen LogP contribution is 2.32. The summed E-state index contributed by atoms with van der Waals surface area (Å²) in [6.45, 7) is 0.601. The van der Waals surface area contributed by atoms with Gasteiger partial charge in [-0.3, -0.25) is 0 Å². The van der Waals surface area contributed by atoms with Gasteiger partial charge < -0.3 is 19.5 Å². The van der Waals surface area contributed by atoms with Crippen LogP contribution < -0.4 is 10.1 Å². The number of rotatable bonds is 4. The standard InChI is InChI=1S/C22H21N5O3/c1-29-18-6-4-5-16(13-18)20-25-21(30-26-20)19-7-2-3-12-27(19)22(28)24-17-10-8-15(14-23)9-11-17/h4-6,8-11,13,19H,2-3,7,12H2,1H3,(H,24,28). The lowest BCUT2D eigenvalue weighted by Crippen LogP contribution is -2.41. The first-order valence-corrected chi connectivity index (χ1v) is 9.74. The van der Waals surface area contributed by atoms with E-state index in [0.717, 1.165) is 24.8 Å². The smallest absolute Gasteiger partial charge is 0.322 e. The summed E-state index contributed by atoms with van der Waals surface area (Å²) >= 11 is 0. The molecule has 2 amide bonds. The SMILES string of the molecule is COc1cccc(-c2noc(C3CCCCN3C(=O)Nc3ccc(C#N)cc3)n2)c1. The van der Waals surface area contributed by atoms with Gasteiger partial charge in [-0.25, -0.2) is 4.79 Å². The molecule has 3 aromatic rings. The first-order valence-electron chi connectivity index (χ1n) is 9.74. The van der Waals surface area contributed by atoms with Crippen molar-refractivity contribution in [1.82, 2.24) is 15.0 Å². The Morgan fingerprint density at radius 3 is 2.87 bits per heavy atom. The molecule has 152 valence electrons. The molecule has 0 saturated carbocycles. The number of likely N-dealkylation sites (tertiary alicyclic amines) is 1. The first kappa shape index (κ1) is 19.5. The summed E-state index contributed by atoms with van der Waals surface area (Å²) in [6, 6.07) is 15.7. The van der Waals surface area contributed by atoms with E-state index in [1.165, 1.54) is 0 Å². The molecule has 1 saturated heterocycles. The number of carbonyl (C=O) groups is 1. The van der Waals surface area contributed by atoms with Crippen molar-refractivity contribution in [3.05, 3.63) is 60.0 Å². The monoisotopic (exact) mass is 403 g/mol. The molecule has 0 aliphatic carbocycles. The zero-order valence-electron chi connectivity index (χ0n) is 16.5. The van der Waals surface area contributed by atoms with Gasteiger partial charge in [0.05, 0.1) is 18.7 Å². The molecular formula is C22H21N5O3. The fourth-order valence-electron chi connectivity index (χ4n) is 3.50. The molecule has 4 rings (SSSR count). The van der Waals surface area contributed by atoms with Gasteiger partial charge in [0.1, 0.15) is 11.8 Å². The minimum atomic E-state index is -0.288. The van der Waals surface area contributed by atoms with Gasteiger partial charge in [0.15, 0.2) is 0 Å². The maximum absolute atomic E-state index is 12.9. The van der Waals surface area contributed by atoms with Crippen molar-refractivity contribution in [2.24, 2.45) is 0 Å². The van der Waals surface area contributed by atoms with Crippen LogP contribution in [-0.2, 0) is 0 Å². The minimum Gasteiger partial charge on any atom is -0.497 e. The van der Waals surface area contributed by atoms with Crippen LogP contribution in [-0.4, -0.2) is 34.7 Å². The summed E-state index contributed by atoms with van der Waals surface area (Å²) in [6.07, 6.45) is 2.64. The lowest BCUT2D eigenvalue weighted by Gasteiger charge is -2.33. The number of benzene rings is 2. The molecule has 30 heavy (non-hydrogen) atoms. The zero-order valence-corrected chi connectivity index (χ0v) is 16.5. The molecule has 2 aromatic carbocycles.